The highest BCUT2D eigenvalue weighted by molar-refractivity contribution is 14.1. The molecule has 0 atom stereocenters. The number of benzene rings is 2. The number of ether oxygens (including phenoxy) is 1. The number of nitrogens with one attached hydrogen (secondary N) is 1. The fourth-order valence-electron chi connectivity index (χ4n) is 2.69. The molecule has 2 aromatic carbocycles. The van der Waals surface area contributed by atoms with Gasteiger partial charge in [0, 0.05) is 14.5 Å². The number of hydrogen-bond acceptors (Lipinski definition) is 2. The third-order valence-electron chi connectivity index (χ3n) is 3.65. The van der Waals surface area contributed by atoms with Crippen molar-refractivity contribution in [3.8, 4) is 17.0 Å². The molecule has 0 unspecified atom stereocenters. The Morgan fingerprint density at radius 2 is 1.96 bits per heavy atom. The van der Waals surface area contributed by atoms with Crippen molar-refractivity contribution in [3.05, 3.63) is 51.6 Å². The lowest BCUT2D eigenvalue weighted by molar-refractivity contribution is -0.136. The number of halogens is 1. The van der Waals surface area contributed by atoms with Gasteiger partial charge in [0.2, 0.25) is 0 Å². The summed E-state index contributed by atoms with van der Waals surface area (Å²) in [6.45, 7) is 2.56. The zero-order valence-corrected chi connectivity index (χ0v) is 14.8. The van der Waals surface area contributed by atoms with Crippen LogP contribution in [0.2, 0.25) is 0 Å². The van der Waals surface area contributed by atoms with Gasteiger partial charge in [0.1, 0.15) is 5.75 Å². The van der Waals surface area contributed by atoms with Crippen LogP contribution in [0.25, 0.3) is 22.2 Å². The monoisotopic (exact) mass is 421 g/mol. The predicted molar refractivity (Wildman–Crippen MR) is 99.0 cm³/mol. The van der Waals surface area contributed by atoms with Crippen molar-refractivity contribution in [1.82, 2.24) is 4.98 Å². The van der Waals surface area contributed by atoms with Crippen LogP contribution in [0.1, 0.15) is 12.5 Å². The maximum Gasteiger partial charge on any atom is 0.307 e. The van der Waals surface area contributed by atoms with E-state index in [-0.39, 0.29) is 6.42 Å². The molecule has 5 heteroatoms. The molecule has 3 aromatic rings. The van der Waals surface area contributed by atoms with Crippen LogP contribution in [-0.4, -0.2) is 22.7 Å². The Morgan fingerprint density at radius 1 is 1.22 bits per heavy atom. The summed E-state index contributed by atoms with van der Waals surface area (Å²) in [4.78, 5) is 14.6. The van der Waals surface area contributed by atoms with Crippen molar-refractivity contribution in [2.75, 3.05) is 6.61 Å². The molecule has 0 aliphatic carbocycles. The van der Waals surface area contributed by atoms with Gasteiger partial charge >= 0.3 is 5.97 Å². The topological polar surface area (TPSA) is 62.3 Å². The summed E-state index contributed by atoms with van der Waals surface area (Å²) < 4.78 is 6.54. The molecule has 0 spiro atoms. The number of carboxylic acids is 1. The van der Waals surface area contributed by atoms with E-state index >= 15 is 0 Å². The smallest absolute Gasteiger partial charge is 0.307 e. The van der Waals surface area contributed by atoms with Crippen LogP contribution in [0.5, 0.6) is 5.75 Å². The van der Waals surface area contributed by atoms with Gasteiger partial charge in [0.05, 0.1) is 18.7 Å². The molecule has 2 N–H and O–H groups in total. The molecule has 1 heterocycles. The molecule has 0 amide bonds. The maximum atomic E-state index is 11.3. The Labute approximate surface area is 147 Å². The predicted octanol–water partition coefficient (Wildman–Crippen LogP) is 4.47. The molecule has 0 bridgehead atoms. The lowest BCUT2D eigenvalue weighted by Gasteiger charge is -2.06. The second kappa shape index (κ2) is 6.62. The highest BCUT2D eigenvalue weighted by Crippen LogP contribution is 2.32. The van der Waals surface area contributed by atoms with Crippen LogP contribution >= 0.6 is 22.6 Å². The van der Waals surface area contributed by atoms with Gasteiger partial charge in [-0.25, -0.2) is 0 Å². The van der Waals surface area contributed by atoms with E-state index in [2.05, 4.69) is 27.6 Å². The molecule has 118 valence electrons. The fourth-order valence-corrected chi connectivity index (χ4v) is 3.18. The number of aromatic nitrogens is 1. The maximum absolute atomic E-state index is 11.3. The third-order valence-corrected chi connectivity index (χ3v) is 4.32. The van der Waals surface area contributed by atoms with Crippen LogP contribution in [0, 0.1) is 3.57 Å². The molecule has 1 aromatic heterocycles. The van der Waals surface area contributed by atoms with Gasteiger partial charge < -0.3 is 14.8 Å². The number of fused-ring (bicyclic) bond motifs is 1. The largest absolute Gasteiger partial charge is 0.494 e. The molecule has 4 nitrogen and oxygen atoms in total. The number of aliphatic carboxylic acids is 1. The van der Waals surface area contributed by atoms with E-state index < -0.39 is 5.97 Å². The minimum Gasteiger partial charge on any atom is -0.494 e. The third kappa shape index (κ3) is 3.34. The average molecular weight is 421 g/mol. The van der Waals surface area contributed by atoms with Crippen LogP contribution in [0.4, 0.5) is 0 Å². The Bertz CT molecular complexity index is 853. The zero-order valence-electron chi connectivity index (χ0n) is 12.6. The second-order valence-electron chi connectivity index (χ2n) is 5.20. The number of hydrogen-bond donors (Lipinski definition) is 2. The normalized spacial score (nSPS) is 10.9. The first-order chi connectivity index (χ1) is 11.1. The van der Waals surface area contributed by atoms with Crippen molar-refractivity contribution in [2.45, 2.75) is 13.3 Å². The van der Waals surface area contributed by atoms with Crippen molar-refractivity contribution < 1.29 is 14.6 Å². The molecule has 3 rings (SSSR count). The molecule has 0 saturated carbocycles. The van der Waals surface area contributed by atoms with Gasteiger partial charge in [-0.15, -0.1) is 0 Å². The molecular weight excluding hydrogens is 405 g/mol. The van der Waals surface area contributed by atoms with Crippen LogP contribution < -0.4 is 4.74 Å². The van der Waals surface area contributed by atoms with E-state index in [1.807, 2.05) is 49.4 Å². The van der Waals surface area contributed by atoms with Gasteiger partial charge in [-0.3, -0.25) is 4.79 Å². The summed E-state index contributed by atoms with van der Waals surface area (Å²) >= 11 is 2.24. The van der Waals surface area contributed by atoms with E-state index in [4.69, 9.17) is 4.74 Å². The highest BCUT2D eigenvalue weighted by Gasteiger charge is 2.16. The number of carboxylic acid groups (broad SMARTS) is 1. The lowest BCUT2D eigenvalue weighted by atomic mass is 10.0. The first-order valence-corrected chi connectivity index (χ1v) is 8.41. The SMILES string of the molecule is CCOc1ccc(-c2[nH]c3ccc(I)cc3c2CC(=O)O)cc1. The minimum atomic E-state index is -0.836. The average Bonchev–Trinajstić information content (AvgIpc) is 2.86. The summed E-state index contributed by atoms with van der Waals surface area (Å²) in [6, 6.07) is 13.7. The summed E-state index contributed by atoms with van der Waals surface area (Å²) in [5.41, 5.74) is 3.57. The van der Waals surface area contributed by atoms with Gasteiger partial charge in [-0.2, -0.15) is 0 Å². The molecule has 0 saturated heterocycles. The Balaban J connectivity index is 2.13. The van der Waals surface area contributed by atoms with Crippen molar-refractivity contribution in [2.24, 2.45) is 0 Å². The zero-order chi connectivity index (χ0) is 16.4. The van der Waals surface area contributed by atoms with Gasteiger partial charge in [0.25, 0.3) is 0 Å². The summed E-state index contributed by atoms with van der Waals surface area (Å²) in [5.74, 6) is -0.0290. The highest BCUT2D eigenvalue weighted by atomic mass is 127. The van der Waals surface area contributed by atoms with E-state index in [9.17, 15) is 9.90 Å². The number of carbonyl (C=O) groups is 1. The first kappa shape index (κ1) is 15.9. The summed E-state index contributed by atoms with van der Waals surface area (Å²) in [7, 11) is 0. The Morgan fingerprint density at radius 3 is 2.61 bits per heavy atom. The molecule has 0 fully saturated rings. The van der Waals surface area contributed by atoms with Crippen molar-refractivity contribution in [1.29, 1.82) is 0 Å². The minimum absolute atomic E-state index is 0.0113. The molecule has 0 radical (unpaired) electrons. The standard InChI is InChI=1S/C18H16INO3/c1-2-23-13-6-3-11(4-7-13)18-15(10-17(21)22)14-9-12(19)5-8-16(14)20-18/h3-9,20H,2,10H2,1H3,(H,21,22). The summed E-state index contributed by atoms with van der Waals surface area (Å²) in [5, 5.41) is 10.2. The second-order valence-corrected chi connectivity index (χ2v) is 6.44. The fraction of sp³-hybridized carbons (Fsp3) is 0.167. The van der Waals surface area contributed by atoms with Crippen LogP contribution in [-0.2, 0) is 11.2 Å². The van der Waals surface area contributed by atoms with Gasteiger partial charge in [0.15, 0.2) is 0 Å². The molecule has 0 aliphatic rings. The molecular formula is C18H16INO3. The van der Waals surface area contributed by atoms with Crippen molar-refractivity contribution >= 4 is 39.5 Å². The van der Waals surface area contributed by atoms with E-state index in [1.54, 1.807) is 0 Å². The number of rotatable bonds is 5. The van der Waals surface area contributed by atoms with E-state index in [1.165, 1.54) is 0 Å². The quantitative estimate of drug-likeness (QED) is 0.598. The van der Waals surface area contributed by atoms with Crippen LogP contribution in [0.15, 0.2) is 42.5 Å². The molecule has 0 aliphatic heterocycles. The molecule has 23 heavy (non-hydrogen) atoms. The first-order valence-electron chi connectivity index (χ1n) is 7.33. The van der Waals surface area contributed by atoms with Crippen LogP contribution in [0.3, 0.4) is 0 Å². The number of aromatic amines is 1. The Kier molecular flexibility index (Phi) is 4.56. The van der Waals surface area contributed by atoms with Gasteiger partial charge in [-0.1, -0.05) is 0 Å². The van der Waals surface area contributed by atoms with Crippen molar-refractivity contribution in [3.63, 3.8) is 0 Å². The van der Waals surface area contributed by atoms with E-state index in [0.29, 0.717) is 6.61 Å². The Hall–Kier alpha value is -2.02. The van der Waals surface area contributed by atoms with Gasteiger partial charge in [-0.05, 0) is 83.1 Å². The lowest BCUT2D eigenvalue weighted by Crippen LogP contribution is -2.01. The van der Waals surface area contributed by atoms with E-state index in [0.717, 1.165) is 37.0 Å². The summed E-state index contributed by atoms with van der Waals surface area (Å²) in [6.07, 6.45) is -0.0113. The number of H-pyrrole nitrogens is 1.